The summed E-state index contributed by atoms with van der Waals surface area (Å²) in [6.45, 7) is 11.1. The molecule has 0 bridgehead atoms. The molecule has 0 fully saturated rings. The van der Waals surface area contributed by atoms with Crippen LogP contribution in [0.1, 0.15) is 68.7 Å². The number of rotatable bonds is 6. The molecule has 0 N–H and O–H groups in total. The predicted molar refractivity (Wildman–Crippen MR) is 101 cm³/mol. The number of hydrogen-bond donors (Lipinski definition) is 0. The minimum absolute atomic E-state index is 0.125. The van der Waals surface area contributed by atoms with Crippen LogP contribution in [-0.4, -0.2) is 0 Å². The Morgan fingerprint density at radius 1 is 0.826 bits per heavy atom. The summed E-state index contributed by atoms with van der Waals surface area (Å²) in [6, 6.07) is 14.3. The standard InChI is InChI=1S/C23H29/c1-5-8-17-10-12-19-20-13-11-18(9-6-2)16-22(20)23(4,14-7-3)21(19)15-17/h10-13,15-16H,3,5-9,14H2,1-2,4H3. The summed E-state index contributed by atoms with van der Waals surface area (Å²) in [7, 11) is 0. The molecule has 0 aliphatic heterocycles. The molecule has 0 nitrogen and oxygen atoms in total. The molecule has 2 aromatic rings. The maximum absolute atomic E-state index is 4.16. The highest BCUT2D eigenvalue weighted by Gasteiger charge is 2.38. The predicted octanol–water partition coefficient (Wildman–Crippen LogP) is 6.49. The average Bonchev–Trinajstić information content (AvgIpc) is 2.78. The van der Waals surface area contributed by atoms with E-state index in [1.165, 1.54) is 59.1 Å². The van der Waals surface area contributed by atoms with E-state index in [-0.39, 0.29) is 5.41 Å². The molecule has 0 heteroatoms. The van der Waals surface area contributed by atoms with Gasteiger partial charge in [-0.3, -0.25) is 0 Å². The van der Waals surface area contributed by atoms with Gasteiger partial charge in [0.05, 0.1) is 0 Å². The van der Waals surface area contributed by atoms with E-state index < -0.39 is 0 Å². The maximum Gasteiger partial charge on any atom is 0.0187 e. The molecule has 3 rings (SSSR count). The van der Waals surface area contributed by atoms with Gasteiger partial charge in [-0.1, -0.05) is 83.4 Å². The van der Waals surface area contributed by atoms with E-state index in [2.05, 4.69) is 64.1 Å². The van der Waals surface area contributed by atoms with Crippen LogP contribution in [0.5, 0.6) is 0 Å². The van der Waals surface area contributed by atoms with E-state index in [1.807, 2.05) is 0 Å². The molecule has 23 heavy (non-hydrogen) atoms. The second-order valence-electron chi connectivity index (χ2n) is 7.20. The van der Waals surface area contributed by atoms with Crippen LogP contribution in [0.3, 0.4) is 0 Å². The first-order valence-corrected chi connectivity index (χ1v) is 9.20. The molecule has 1 aliphatic carbocycles. The molecule has 0 aromatic heterocycles. The Labute approximate surface area is 141 Å². The summed E-state index contributed by atoms with van der Waals surface area (Å²) in [4.78, 5) is 0. The van der Waals surface area contributed by atoms with E-state index in [0.29, 0.717) is 0 Å². The number of fused-ring (bicyclic) bond motifs is 3. The third kappa shape index (κ3) is 2.73. The second-order valence-corrected chi connectivity index (χ2v) is 7.20. The van der Waals surface area contributed by atoms with Crippen LogP contribution in [0.25, 0.3) is 11.1 Å². The molecule has 0 saturated heterocycles. The van der Waals surface area contributed by atoms with Crippen molar-refractivity contribution in [2.24, 2.45) is 0 Å². The summed E-state index contributed by atoms with van der Waals surface area (Å²) >= 11 is 0. The Bertz CT molecular complexity index is 638. The van der Waals surface area contributed by atoms with Gasteiger partial charge in [0, 0.05) is 5.41 Å². The van der Waals surface area contributed by atoms with Gasteiger partial charge in [-0.2, -0.15) is 0 Å². The summed E-state index contributed by atoms with van der Waals surface area (Å²) < 4.78 is 0. The Hall–Kier alpha value is -1.56. The molecule has 0 saturated carbocycles. The van der Waals surface area contributed by atoms with Crippen molar-refractivity contribution in [2.75, 3.05) is 0 Å². The highest BCUT2D eigenvalue weighted by atomic mass is 14.4. The lowest BCUT2D eigenvalue weighted by Gasteiger charge is -2.27. The minimum atomic E-state index is 0.125. The number of aryl methyl sites for hydroxylation is 2. The summed E-state index contributed by atoms with van der Waals surface area (Å²) in [6.07, 6.45) is 6.86. The monoisotopic (exact) mass is 305 g/mol. The summed E-state index contributed by atoms with van der Waals surface area (Å²) in [5.74, 6) is 0. The van der Waals surface area contributed by atoms with Crippen molar-refractivity contribution in [3.05, 3.63) is 65.6 Å². The van der Waals surface area contributed by atoms with Gasteiger partial charge in [0.2, 0.25) is 0 Å². The van der Waals surface area contributed by atoms with Crippen molar-refractivity contribution in [1.29, 1.82) is 0 Å². The number of hydrogen-bond acceptors (Lipinski definition) is 0. The first kappa shape index (κ1) is 16.3. The molecule has 0 atom stereocenters. The maximum atomic E-state index is 4.16. The fourth-order valence-corrected chi connectivity index (χ4v) is 4.22. The molecule has 0 heterocycles. The zero-order chi connectivity index (χ0) is 16.4. The van der Waals surface area contributed by atoms with Crippen LogP contribution in [0.15, 0.2) is 36.4 Å². The van der Waals surface area contributed by atoms with Gasteiger partial charge < -0.3 is 0 Å². The largest absolute Gasteiger partial charge is 0.0651 e. The molecule has 0 unspecified atom stereocenters. The Morgan fingerprint density at radius 2 is 1.30 bits per heavy atom. The molecular weight excluding hydrogens is 276 g/mol. The molecular formula is C23H29. The topological polar surface area (TPSA) is 0 Å². The van der Waals surface area contributed by atoms with Crippen LogP contribution < -0.4 is 0 Å². The second kappa shape index (κ2) is 6.51. The normalized spacial score (nSPS) is 14.6. The van der Waals surface area contributed by atoms with Crippen molar-refractivity contribution in [3.63, 3.8) is 0 Å². The molecule has 2 aromatic carbocycles. The minimum Gasteiger partial charge on any atom is -0.0651 e. The van der Waals surface area contributed by atoms with Crippen molar-refractivity contribution >= 4 is 0 Å². The van der Waals surface area contributed by atoms with E-state index >= 15 is 0 Å². The summed E-state index contributed by atoms with van der Waals surface area (Å²) in [5, 5.41) is 0. The van der Waals surface area contributed by atoms with Gasteiger partial charge in [0.1, 0.15) is 0 Å². The Kier molecular flexibility index (Phi) is 4.62. The highest BCUT2D eigenvalue weighted by molar-refractivity contribution is 5.81. The van der Waals surface area contributed by atoms with Crippen LogP contribution in [-0.2, 0) is 18.3 Å². The smallest absolute Gasteiger partial charge is 0.0187 e. The van der Waals surface area contributed by atoms with E-state index in [9.17, 15) is 0 Å². The average molecular weight is 305 g/mol. The molecule has 0 spiro atoms. The molecule has 1 radical (unpaired) electrons. The Morgan fingerprint density at radius 3 is 1.70 bits per heavy atom. The van der Waals surface area contributed by atoms with Crippen molar-refractivity contribution in [1.82, 2.24) is 0 Å². The van der Waals surface area contributed by atoms with E-state index in [4.69, 9.17) is 0 Å². The third-order valence-electron chi connectivity index (χ3n) is 5.40. The van der Waals surface area contributed by atoms with Crippen LogP contribution >= 0.6 is 0 Å². The zero-order valence-corrected chi connectivity index (χ0v) is 14.9. The van der Waals surface area contributed by atoms with Gasteiger partial charge in [-0.25, -0.2) is 0 Å². The van der Waals surface area contributed by atoms with Gasteiger partial charge in [0.25, 0.3) is 0 Å². The molecule has 1 aliphatic rings. The van der Waals surface area contributed by atoms with Gasteiger partial charge >= 0.3 is 0 Å². The Balaban J connectivity index is 2.16. The van der Waals surface area contributed by atoms with E-state index in [0.717, 1.165) is 12.8 Å². The fraction of sp³-hybridized carbons (Fsp3) is 0.435. The van der Waals surface area contributed by atoms with Crippen molar-refractivity contribution in [3.8, 4) is 11.1 Å². The van der Waals surface area contributed by atoms with Gasteiger partial charge in [0.15, 0.2) is 0 Å². The lowest BCUT2D eigenvalue weighted by atomic mass is 9.75. The van der Waals surface area contributed by atoms with Crippen molar-refractivity contribution in [2.45, 2.75) is 64.7 Å². The molecule has 0 amide bonds. The zero-order valence-electron chi connectivity index (χ0n) is 14.9. The van der Waals surface area contributed by atoms with E-state index in [1.54, 1.807) is 0 Å². The lowest BCUT2D eigenvalue weighted by Crippen LogP contribution is -2.20. The van der Waals surface area contributed by atoms with Gasteiger partial charge in [-0.05, 0) is 52.6 Å². The fourth-order valence-electron chi connectivity index (χ4n) is 4.22. The first-order valence-electron chi connectivity index (χ1n) is 9.20. The van der Waals surface area contributed by atoms with Crippen LogP contribution in [0.4, 0.5) is 0 Å². The first-order chi connectivity index (χ1) is 11.1. The van der Waals surface area contributed by atoms with Crippen LogP contribution in [0.2, 0.25) is 0 Å². The SMILES string of the molecule is [CH2]CCC1(C)c2cc(CCC)ccc2-c2ccc(CCC)cc21. The lowest BCUT2D eigenvalue weighted by molar-refractivity contribution is 0.536. The summed E-state index contributed by atoms with van der Waals surface area (Å²) in [5.41, 5.74) is 9.01. The molecule has 121 valence electrons. The third-order valence-corrected chi connectivity index (χ3v) is 5.40. The quantitative estimate of drug-likeness (QED) is 0.572. The van der Waals surface area contributed by atoms with Crippen molar-refractivity contribution < 1.29 is 0 Å². The highest BCUT2D eigenvalue weighted by Crippen LogP contribution is 2.51. The van der Waals surface area contributed by atoms with Gasteiger partial charge in [-0.15, -0.1) is 0 Å². The number of benzene rings is 2. The van der Waals surface area contributed by atoms with Crippen LogP contribution in [0, 0.1) is 6.92 Å².